The Kier molecular flexibility index (Phi) is 4.56. The lowest BCUT2D eigenvalue weighted by atomic mass is 10.2. The number of carbonyl (C=O) groups is 3. The van der Waals surface area contributed by atoms with Crippen LogP contribution >= 0.6 is 0 Å². The molecule has 0 aromatic heterocycles. The second kappa shape index (κ2) is 5.92. The van der Waals surface area contributed by atoms with Crippen LogP contribution < -0.4 is 16.2 Å². The molecule has 0 bridgehead atoms. The lowest BCUT2D eigenvalue weighted by molar-refractivity contribution is -0.129. The standard InChI is InChI=1S/C12H15N3O3/c1-8-3-5-10(6-4-8)15(9(2)16)12(18)7-11(17)14-13/h3-6H,7,13H2,1-2H3,(H,14,17). The minimum Gasteiger partial charge on any atom is -0.294 e. The summed E-state index contributed by atoms with van der Waals surface area (Å²) in [6, 6.07) is 6.85. The average Bonchev–Trinajstić information content (AvgIpc) is 2.31. The van der Waals surface area contributed by atoms with Gasteiger partial charge >= 0.3 is 0 Å². The van der Waals surface area contributed by atoms with Crippen LogP contribution in [0.2, 0.25) is 0 Å². The van der Waals surface area contributed by atoms with Gasteiger partial charge in [-0.3, -0.25) is 24.7 Å². The normalized spacial score (nSPS) is 9.72. The van der Waals surface area contributed by atoms with Gasteiger partial charge in [0.1, 0.15) is 6.42 Å². The number of anilines is 1. The molecule has 1 rings (SSSR count). The van der Waals surface area contributed by atoms with Gasteiger partial charge in [0.2, 0.25) is 17.7 Å². The molecule has 6 nitrogen and oxygen atoms in total. The van der Waals surface area contributed by atoms with E-state index in [4.69, 9.17) is 5.84 Å². The molecule has 6 heteroatoms. The Bertz CT molecular complexity index is 468. The Balaban J connectivity index is 2.96. The van der Waals surface area contributed by atoms with Crippen molar-refractivity contribution in [3.05, 3.63) is 29.8 Å². The van der Waals surface area contributed by atoms with Crippen molar-refractivity contribution in [3.63, 3.8) is 0 Å². The molecule has 0 atom stereocenters. The van der Waals surface area contributed by atoms with Gasteiger partial charge in [-0.2, -0.15) is 0 Å². The number of nitrogens with zero attached hydrogens (tertiary/aromatic N) is 1. The zero-order chi connectivity index (χ0) is 13.7. The smallest absolute Gasteiger partial charge is 0.243 e. The molecule has 3 amide bonds. The molecule has 0 unspecified atom stereocenters. The van der Waals surface area contributed by atoms with Gasteiger partial charge in [0.15, 0.2) is 0 Å². The largest absolute Gasteiger partial charge is 0.294 e. The lowest BCUT2D eigenvalue weighted by Crippen LogP contribution is -2.40. The Morgan fingerprint density at radius 2 is 1.78 bits per heavy atom. The third-order valence-corrected chi connectivity index (χ3v) is 2.33. The van der Waals surface area contributed by atoms with Gasteiger partial charge in [0.25, 0.3) is 0 Å². The maximum Gasteiger partial charge on any atom is 0.243 e. The van der Waals surface area contributed by atoms with Crippen LogP contribution in [0.25, 0.3) is 0 Å². The molecule has 0 fully saturated rings. The molecular formula is C12H15N3O3. The second-order valence-corrected chi connectivity index (χ2v) is 3.83. The van der Waals surface area contributed by atoms with Gasteiger partial charge in [0.05, 0.1) is 5.69 Å². The van der Waals surface area contributed by atoms with Crippen LogP contribution in [0.4, 0.5) is 5.69 Å². The summed E-state index contributed by atoms with van der Waals surface area (Å²) in [7, 11) is 0. The molecule has 0 aliphatic carbocycles. The van der Waals surface area contributed by atoms with Crippen LogP contribution in [0.3, 0.4) is 0 Å². The van der Waals surface area contributed by atoms with E-state index in [1.165, 1.54) is 6.92 Å². The minimum atomic E-state index is -0.640. The Morgan fingerprint density at radius 3 is 2.22 bits per heavy atom. The summed E-state index contributed by atoms with van der Waals surface area (Å²) < 4.78 is 0. The number of hydrogen-bond donors (Lipinski definition) is 2. The van der Waals surface area contributed by atoms with Crippen LogP contribution in [-0.4, -0.2) is 17.7 Å². The van der Waals surface area contributed by atoms with Crippen molar-refractivity contribution in [2.75, 3.05) is 4.90 Å². The summed E-state index contributed by atoms with van der Waals surface area (Å²) >= 11 is 0. The fraction of sp³-hybridized carbons (Fsp3) is 0.250. The number of carbonyl (C=O) groups excluding carboxylic acids is 3. The Hall–Kier alpha value is -2.21. The molecule has 0 spiro atoms. The lowest BCUT2D eigenvalue weighted by Gasteiger charge is -2.18. The fourth-order valence-corrected chi connectivity index (χ4v) is 1.46. The zero-order valence-electron chi connectivity index (χ0n) is 10.3. The summed E-state index contributed by atoms with van der Waals surface area (Å²) in [6.07, 6.45) is -0.468. The number of imide groups is 1. The SMILES string of the molecule is CC(=O)N(C(=O)CC(=O)NN)c1ccc(C)cc1. The topological polar surface area (TPSA) is 92.5 Å². The molecule has 18 heavy (non-hydrogen) atoms. The Morgan fingerprint density at radius 1 is 1.22 bits per heavy atom. The first-order valence-corrected chi connectivity index (χ1v) is 5.35. The summed E-state index contributed by atoms with van der Waals surface area (Å²) in [5.41, 5.74) is 3.29. The van der Waals surface area contributed by atoms with Gasteiger partial charge in [-0.15, -0.1) is 0 Å². The van der Waals surface area contributed by atoms with Gasteiger partial charge < -0.3 is 0 Å². The van der Waals surface area contributed by atoms with Crippen molar-refractivity contribution in [2.24, 2.45) is 5.84 Å². The first-order valence-electron chi connectivity index (χ1n) is 5.35. The monoisotopic (exact) mass is 249 g/mol. The number of nitrogens with two attached hydrogens (primary N) is 1. The highest BCUT2D eigenvalue weighted by Crippen LogP contribution is 2.16. The van der Waals surface area contributed by atoms with E-state index in [1.54, 1.807) is 24.3 Å². The third-order valence-electron chi connectivity index (χ3n) is 2.33. The van der Waals surface area contributed by atoms with E-state index in [0.29, 0.717) is 5.69 Å². The molecule has 3 N–H and O–H groups in total. The van der Waals surface area contributed by atoms with Gasteiger partial charge in [-0.1, -0.05) is 17.7 Å². The van der Waals surface area contributed by atoms with Crippen LogP contribution in [0, 0.1) is 6.92 Å². The van der Waals surface area contributed by atoms with Crippen LogP contribution in [-0.2, 0) is 14.4 Å². The van der Waals surface area contributed by atoms with E-state index in [2.05, 4.69) is 0 Å². The maximum atomic E-state index is 11.8. The van der Waals surface area contributed by atoms with Gasteiger partial charge in [-0.05, 0) is 19.1 Å². The first-order chi connectivity index (χ1) is 8.45. The molecule has 0 saturated carbocycles. The molecule has 0 saturated heterocycles. The van der Waals surface area contributed by atoms with Crippen LogP contribution in [0.5, 0.6) is 0 Å². The number of amides is 3. The quantitative estimate of drug-likeness (QED) is 0.348. The average molecular weight is 249 g/mol. The van der Waals surface area contributed by atoms with E-state index in [1.807, 2.05) is 12.3 Å². The first kappa shape index (κ1) is 13.9. The zero-order valence-corrected chi connectivity index (χ0v) is 10.3. The summed E-state index contributed by atoms with van der Waals surface area (Å²) in [5, 5.41) is 0. The van der Waals surface area contributed by atoms with Gasteiger partial charge in [0, 0.05) is 6.92 Å². The molecule has 0 aliphatic rings. The van der Waals surface area contributed by atoms with Crippen molar-refractivity contribution in [3.8, 4) is 0 Å². The highest BCUT2D eigenvalue weighted by Gasteiger charge is 2.22. The maximum absolute atomic E-state index is 11.8. The fourth-order valence-electron chi connectivity index (χ4n) is 1.46. The van der Waals surface area contributed by atoms with E-state index < -0.39 is 24.1 Å². The van der Waals surface area contributed by atoms with Crippen molar-refractivity contribution in [2.45, 2.75) is 20.3 Å². The van der Waals surface area contributed by atoms with E-state index in [-0.39, 0.29) is 0 Å². The summed E-state index contributed by atoms with van der Waals surface area (Å²) in [6.45, 7) is 3.16. The number of benzene rings is 1. The predicted octanol–water partition coefficient (Wildman–Crippen LogP) is 0.255. The van der Waals surface area contributed by atoms with E-state index in [0.717, 1.165) is 10.5 Å². The van der Waals surface area contributed by atoms with Crippen molar-refractivity contribution < 1.29 is 14.4 Å². The Labute approximate surface area is 105 Å². The molecule has 1 aromatic rings. The van der Waals surface area contributed by atoms with Gasteiger partial charge in [-0.25, -0.2) is 5.84 Å². The number of hydrazine groups is 1. The van der Waals surface area contributed by atoms with Crippen molar-refractivity contribution >= 4 is 23.4 Å². The predicted molar refractivity (Wildman–Crippen MR) is 66.3 cm³/mol. The van der Waals surface area contributed by atoms with Crippen molar-refractivity contribution in [1.29, 1.82) is 0 Å². The summed E-state index contributed by atoms with van der Waals surface area (Å²) in [4.78, 5) is 35.3. The van der Waals surface area contributed by atoms with E-state index >= 15 is 0 Å². The molecule has 0 heterocycles. The number of rotatable bonds is 3. The van der Waals surface area contributed by atoms with E-state index in [9.17, 15) is 14.4 Å². The third kappa shape index (κ3) is 3.39. The number of nitrogens with one attached hydrogen (secondary N) is 1. The molecule has 96 valence electrons. The van der Waals surface area contributed by atoms with Crippen LogP contribution in [0.15, 0.2) is 24.3 Å². The molecular weight excluding hydrogens is 234 g/mol. The summed E-state index contributed by atoms with van der Waals surface area (Å²) in [5.74, 6) is 3.19. The molecule has 0 aliphatic heterocycles. The van der Waals surface area contributed by atoms with Crippen molar-refractivity contribution in [1.82, 2.24) is 5.43 Å². The second-order valence-electron chi connectivity index (χ2n) is 3.83. The van der Waals surface area contributed by atoms with Crippen LogP contribution in [0.1, 0.15) is 18.9 Å². The number of hydrogen-bond acceptors (Lipinski definition) is 4. The minimum absolute atomic E-state index is 0.433. The molecule has 1 aromatic carbocycles. The highest BCUT2D eigenvalue weighted by molar-refractivity contribution is 6.18. The highest BCUT2D eigenvalue weighted by atomic mass is 16.2. The molecule has 0 radical (unpaired) electrons. The number of aryl methyl sites for hydroxylation is 1.